The molecule has 1 N–H and O–H groups in total. The van der Waals surface area contributed by atoms with Crippen LogP contribution in [-0.4, -0.2) is 0 Å². The zero-order chi connectivity index (χ0) is 25.4. The lowest BCUT2D eigenvalue weighted by atomic mass is 9.67. The van der Waals surface area contributed by atoms with Gasteiger partial charge in [0, 0.05) is 11.4 Å². The minimum absolute atomic E-state index is 0.391. The molecule has 1 aliphatic rings. The molecule has 0 unspecified atom stereocenters. The molecule has 0 spiro atoms. The van der Waals surface area contributed by atoms with Crippen LogP contribution < -0.4 is 5.32 Å². The van der Waals surface area contributed by atoms with Gasteiger partial charge in [0.2, 0.25) is 0 Å². The molecule has 38 heavy (non-hydrogen) atoms. The fraction of sp³-hybridized carbons (Fsp3) is 0.0270. The summed E-state index contributed by atoms with van der Waals surface area (Å²) in [4.78, 5) is 0. The molecule has 1 aliphatic carbocycles. The van der Waals surface area contributed by atoms with Gasteiger partial charge in [-0.2, -0.15) is 0 Å². The third kappa shape index (κ3) is 3.55. The molecule has 1 nitrogen and oxygen atoms in total. The van der Waals surface area contributed by atoms with Crippen LogP contribution in [0.4, 0.5) is 11.4 Å². The highest BCUT2D eigenvalue weighted by Crippen LogP contribution is 2.56. The first-order chi connectivity index (χ1) is 18.8. The summed E-state index contributed by atoms with van der Waals surface area (Å²) in [6.45, 7) is 0. The Morgan fingerprint density at radius 2 is 0.921 bits per heavy atom. The molecule has 0 radical (unpaired) electrons. The van der Waals surface area contributed by atoms with Crippen LogP contribution in [0.3, 0.4) is 0 Å². The summed E-state index contributed by atoms with van der Waals surface area (Å²) in [5.41, 5.74) is 12.0. The molecule has 6 aromatic carbocycles. The van der Waals surface area contributed by atoms with Gasteiger partial charge < -0.3 is 5.32 Å². The van der Waals surface area contributed by atoms with E-state index in [1.54, 1.807) is 0 Å². The van der Waals surface area contributed by atoms with Crippen molar-refractivity contribution in [2.75, 3.05) is 5.32 Å². The lowest BCUT2D eigenvalue weighted by molar-refractivity contribution is 0.769. The van der Waals surface area contributed by atoms with Crippen molar-refractivity contribution in [3.63, 3.8) is 0 Å². The predicted octanol–water partition coefficient (Wildman–Crippen LogP) is 9.46. The second-order valence-corrected chi connectivity index (χ2v) is 9.86. The zero-order valence-corrected chi connectivity index (χ0v) is 21.0. The maximum atomic E-state index is 3.71. The summed E-state index contributed by atoms with van der Waals surface area (Å²) >= 11 is 0. The van der Waals surface area contributed by atoms with Crippen LogP contribution in [0.25, 0.3) is 22.3 Å². The van der Waals surface area contributed by atoms with Gasteiger partial charge in [-0.05, 0) is 68.8 Å². The molecule has 0 aliphatic heterocycles. The van der Waals surface area contributed by atoms with Crippen LogP contribution in [0.1, 0.15) is 22.3 Å². The van der Waals surface area contributed by atoms with Crippen LogP contribution in [-0.2, 0) is 5.41 Å². The summed E-state index contributed by atoms with van der Waals surface area (Å²) in [6.07, 6.45) is 0. The van der Waals surface area contributed by atoms with Crippen LogP contribution in [0.2, 0.25) is 0 Å². The second-order valence-electron chi connectivity index (χ2n) is 9.86. The molecular weight excluding hydrogens is 458 g/mol. The first-order valence-corrected chi connectivity index (χ1v) is 13.1. The average Bonchev–Trinajstić information content (AvgIpc) is 3.29. The Balaban J connectivity index is 1.40. The van der Waals surface area contributed by atoms with E-state index in [4.69, 9.17) is 0 Å². The Bertz CT molecular complexity index is 1680. The minimum atomic E-state index is -0.391. The highest BCUT2D eigenvalue weighted by molar-refractivity contribution is 5.88. The number of fused-ring (bicyclic) bond motifs is 3. The summed E-state index contributed by atoms with van der Waals surface area (Å²) in [5.74, 6) is 0. The van der Waals surface area contributed by atoms with E-state index in [0.29, 0.717) is 0 Å². The quantitative estimate of drug-likeness (QED) is 0.256. The van der Waals surface area contributed by atoms with E-state index in [0.717, 1.165) is 11.4 Å². The monoisotopic (exact) mass is 485 g/mol. The summed E-state index contributed by atoms with van der Waals surface area (Å²) in [5, 5.41) is 3.71. The summed E-state index contributed by atoms with van der Waals surface area (Å²) in [6, 6.07) is 56.7. The van der Waals surface area contributed by atoms with Gasteiger partial charge in [0.25, 0.3) is 0 Å². The number of benzene rings is 6. The van der Waals surface area contributed by atoms with Crippen LogP contribution in [0, 0.1) is 0 Å². The molecule has 180 valence electrons. The van der Waals surface area contributed by atoms with E-state index in [-0.39, 0.29) is 0 Å². The topological polar surface area (TPSA) is 12.0 Å². The zero-order valence-electron chi connectivity index (χ0n) is 21.0. The fourth-order valence-corrected chi connectivity index (χ4v) is 6.10. The molecule has 6 aromatic rings. The van der Waals surface area contributed by atoms with Gasteiger partial charge in [-0.3, -0.25) is 0 Å². The smallest absolute Gasteiger partial charge is 0.0714 e. The van der Waals surface area contributed by atoms with E-state index < -0.39 is 5.41 Å². The Morgan fingerprint density at radius 3 is 1.63 bits per heavy atom. The van der Waals surface area contributed by atoms with Gasteiger partial charge in [-0.15, -0.1) is 0 Å². The predicted molar refractivity (Wildman–Crippen MR) is 159 cm³/mol. The Hall–Kier alpha value is -4.88. The molecule has 0 atom stereocenters. The number of hydrogen-bond donors (Lipinski definition) is 1. The molecule has 0 saturated heterocycles. The standard InChI is InChI=1S/C37H27N/c1-4-13-27(14-5-1)28-15-12-20-31(25-28)38-32-23-24-34-33-21-10-11-22-35(33)37(36(34)26-32,29-16-6-2-7-17-29)30-18-8-3-9-19-30/h1-26,38H. The Morgan fingerprint density at radius 1 is 0.368 bits per heavy atom. The van der Waals surface area contributed by atoms with Gasteiger partial charge in [-0.1, -0.05) is 133 Å². The molecule has 7 rings (SSSR count). The van der Waals surface area contributed by atoms with Gasteiger partial charge >= 0.3 is 0 Å². The maximum absolute atomic E-state index is 3.71. The van der Waals surface area contributed by atoms with Crippen molar-refractivity contribution >= 4 is 11.4 Å². The van der Waals surface area contributed by atoms with E-state index in [9.17, 15) is 0 Å². The molecule has 0 heterocycles. The molecular formula is C37H27N. The van der Waals surface area contributed by atoms with Crippen molar-refractivity contribution in [3.8, 4) is 22.3 Å². The first-order valence-electron chi connectivity index (χ1n) is 13.1. The van der Waals surface area contributed by atoms with Crippen molar-refractivity contribution in [2.24, 2.45) is 0 Å². The molecule has 1 heteroatoms. The molecule has 0 amide bonds. The number of nitrogens with one attached hydrogen (secondary N) is 1. The van der Waals surface area contributed by atoms with E-state index in [1.807, 2.05) is 0 Å². The van der Waals surface area contributed by atoms with Gasteiger partial charge in [0.1, 0.15) is 0 Å². The number of rotatable bonds is 5. The highest BCUT2D eigenvalue weighted by Gasteiger charge is 2.45. The third-order valence-electron chi connectivity index (χ3n) is 7.72. The summed E-state index contributed by atoms with van der Waals surface area (Å²) in [7, 11) is 0. The van der Waals surface area contributed by atoms with Crippen molar-refractivity contribution in [3.05, 3.63) is 180 Å². The maximum Gasteiger partial charge on any atom is 0.0714 e. The Kier molecular flexibility index (Phi) is 5.41. The Labute approximate surface area is 224 Å². The van der Waals surface area contributed by atoms with Gasteiger partial charge in [0.05, 0.1) is 5.41 Å². The normalized spacial score (nSPS) is 12.9. The lowest BCUT2D eigenvalue weighted by Gasteiger charge is -2.34. The largest absolute Gasteiger partial charge is 0.355 e. The highest BCUT2D eigenvalue weighted by atomic mass is 14.9. The van der Waals surface area contributed by atoms with Crippen LogP contribution >= 0.6 is 0 Å². The number of hydrogen-bond acceptors (Lipinski definition) is 1. The second kappa shape index (κ2) is 9.21. The SMILES string of the molecule is c1ccc(-c2cccc(Nc3ccc4c(c3)C(c3ccccc3)(c3ccccc3)c3ccccc3-4)c2)cc1. The number of anilines is 2. The minimum Gasteiger partial charge on any atom is -0.355 e. The molecule has 0 aromatic heterocycles. The molecule has 0 bridgehead atoms. The lowest BCUT2D eigenvalue weighted by Crippen LogP contribution is -2.28. The van der Waals surface area contributed by atoms with Crippen molar-refractivity contribution < 1.29 is 0 Å². The van der Waals surface area contributed by atoms with E-state index in [1.165, 1.54) is 44.5 Å². The third-order valence-corrected chi connectivity index (χ3v) is 7.72. The van der Waals surface area contributed by atoms with Gasteiger partial charge in [0.15, 0.2) is 0 Å². The average molecular weight is 486 g/mol. The molecule has 0 fully saturated rings. The fourth-order valence-electron chi connectivity index (χ4n) is 6.10. The van der Waals surface area contributed by atoms with Gasteiger partial charge in [-0.25, -0.2) is 0 Å². The van der Waals surface area contributed by atoms with E-state index >= 15 is 0 Å². The van der Waals surface area contributed by atoms with Crippen molar-refractivity contribution in [1.82, 2.24) is 0 Å². The summed E-state index contributed by atoms with van der Waals surface area (Å²) < 4.78 is 0. The van der Waals surface area contributed by atoms with Crippen molar-refractivity contribution in [1.29, 1.82) is 0 Å². The van der Waals surface area contributed by atoms with E-state index in [2.05, 4.69) is 163 Å². The molecule has 0 saturated carbocycles. The van der Waals surface area contributed by atoms with Crippen molar-refractivity contribution in [2.45, 2.75) is 5.41 Å². The van der Waals surface area contributed by atoms with Crippen LogP contribution in [0.5, 0.6) is 0 Å². The first kappa shape index (κ1) is 22.3. The van der Waals surface area contributed by atoms with Crippen LogP contribution in [0.15, 0.2) is 158 Å².